The Balaban J connectivity index is 1.68. The van der Waals surface area contributed by atoms with E-state index in [1.165, 1.54) is 36.4 Å². The first kappa shape index (κ1) is 18.3. The molecule has 0 spiro atoms. The lowest BCUT2D eigenvalue weighted by Crippen LogP contribution is -2.19. The van der Waals surface area contributed by atoms with Crippen molar-refractivity contribution in [3.63, 3.8) is 0 Å². The van der Waals surface area contributed by atoms with Gasteiger partial charge in [-0.3, -0.25) is 0 Å². The Morgan fingerprint density at radius 2 is 1.48 bits per heavy atom. The van der Waals surface area contributed by atoms with Crippen LogP contribution in [0.2, 0.25) is 0 Å². The standard InChI is InChI=1S/C19H16N2O5S/c22-16-11-9-14(10-12-16)20-19(23)21-15-5-4-6-17(13-15)26-27(24,25)18-7-2-1-3-8-18/h1-13,22H,(H2,20,21,23). The summed E-state index contributed by atoms with van der Waals surface area (Å²) >= 11 is 0. The molecule has 0 unspecified atom stereocenters. The van der Waals surface area contributed by atoms with Gasteiger partial charge < -0.3 is 19.9 Å². The fourth-order valence-corrected chi connectivity index (χ4v) is 3.17. The van der Waals surface area contributed by atoms with Crippen LogP contribution in [0.1, 0.15) is 0 Å². The Morgan fingerprint density at radius 1 is 0.815 bits per heavy atom. The molecule has 0 aromatic heterocycles. The fourth-order valence-electron chi connectivity index (χ4n) is 2.23. The van der Waals surface area contributed by atoms with Gasteiger partial charge in [-0.15, -0.1) is 0 Å². The predicted molar refractivity (Wildman–Crippen MR) is 101 cm³/mol. The SMILES string of the molecule is O=C(Nc1ccc(O)cc1)Nc1cccc(OS(=O)(=O)c2ccccc2)c1. The molecule has 0 heterocycles. The van der Waals surface area contributed by atoms with Gasteiger partial charge in [0.15, 0.2) is 0 Å². The second kappa shape index (κ2) is 7.79. The summed E-state index contributed by atoms with van der Waals surface area (Å²) in [7, 11) is -3.96. The number of hydrogen-bond acceptors (Lipinski definition) is 5. The van der Waals surface area contributed by atoms with Gasteiger partial charge in [-0.2, -0.15) is 8.42 Å². The van der Waals surface area contributed by atoms with Crippen molar-refractivity contribution in [1.29, 1.82) is 0 Å². The van der Waals surface area contributed by atoms with Gasteiger partial charge in [0.05, 0.1) is 0 Å². The van der Waals surface area contributed by atoms with Crippen molar-refractivity contribution in [2.45, 2.75) is 4.90 Å². The Hall–Kier alpha value is -3.52. The smallest absolute Gasteiger partial charge is 0.339 e. The Kier molecular flexibility index (Phi) is 5.28. The Bertz CT molecular complexity index is 1040. The molecule has 138 valence electrons. The monoisotopic (exact) mass is 384 g/mol. The number of aromatic hydroxyl groups is 1. The van der Waals surface area contributed by atoms with E-state index in [1.54, 1.807) is 42.5 Å². The topological polar surface area (TPSA) is 105 Å². The number of phenols is 1. The molecule has 3 N–H and O–H groups in total. The lowest BCUT2D eigenvalue weighted by molar-refractivity contribution is 0.262. The number of amides is 2. The normalized spacial score (nSPS) is 10.8. The van der Waals surface area contributed by atoms with Crippen molar-refractivity contribution in [1.82, 2.24) is 0 Å². The highest BCUT2D eigenvalue weighted by atomic mass is 32.2. The molecule has 0 radical (unpaired) electrons. The van der Waals surface area contributed by atoms with Gasteiger partial charge in [0.25, 0.3) is 0 Å². The number of carbonyl (C=O) groups is 1. The molecule has 3 aromatic carbocycles. The molecule has 8 heteroatoms. The number of benzene rings is 3. The molecular weight excluding hydrogens is 368 g/mol. The predicted octanol–water partition coefficient (Wildman–Crippen LogP) is 3.80. The number of hydrogen-bond donors (Lipinski definition) is 3. The van der Waals surface area contributed by atoms with Gasteiger partial charge in [0.2, 0.25) is 0 Å². The lowest BCUT2D eigenvalue weighted by Gasteiger charge is -2.10. The maximum absolute atomic E-state index is 12.3. The molecular formula is C19H16N2O5S. The second-order valence-corrected chi connectivity index (χ2v) is 7.05. The van der Waals surface area contributed by atoms with Gasteiger partial charge in [0.1, 0.15) is 16.4 Å². The molecule has 7 nitrogen and oxygen atoms in total. The summed E-state index contributed by atoms with van der Waals surface area (Å²) in [5, 5.41) is 14.4. The van der Waals surface area contributed by atoms with Crippen LogP contribution in [0.4, 0.5) is 16.2 Å². The Morgan fingerprint density at radius 3 is 2.19 bits per heavy atom. The highest BCUT2D eigenvalue weighted by molar-refractivity contribution is 7.87. The zero-order valence-electron chi connectivity index (χ0n) is 14.0. The molecule has 0 aliphatic heterocycles. The molecule has 27 heavy (non-hydrogen) atoms. The minimum atomic E-state index is -3.96. The highest BCUT2D eigenvalue weighted by Crippen LogP contribution is 2.22. The number of nitrogens with one attached hydrogen (secondary N) is 2. The van der Waals surface area contributed by atoms with E-state index in [0.717, 1.165) is 0 Å². The third kappa shape index (κ3) is 4.99. The second-order valence-electron chi connectivity index (χ2n) is 5.50. The van der Waals surface area contributed by atoms with Crippen LogP contribution in [0.15, 0.2) is 83.8 Å². The minimum absolute atomic E-state index is 0.0356. The summed E-state index contributed by atoms with van der Waals surface area (Å²) in [5.41, 5.74) is 0.844. The summed E-state index contributed by atoms with van der Waals surface area (Å²) in [4.78, 5) is 12.1. The van der Waals surface area contributed by atoms with E-state index in [0.29, 0.717) is 11.4 Å². The number of rotatable bonds is 5. The van der Waals surface area contributed by atoms with E-state index in [-0.39, 0.29) is 16.4 Å². The lowest BCUT2D eigenvalue weighted by atomic mass is 10.3. The van der Waals surface area contributed by atoms with Crippen molar-refractivity contribution in [2.24, 2.45) is 0 Å². The molecule has 2 amide bonds. The minimum Gasteiger partial charge on any atom is -0.508 e. The van der Waals surface area contributed by atoms with E-state index < -0.39 is 16.1 Å². The van der Waals surface area contributed by atoms with Crippen LogP contribution >= 0.6 is 0 Å². The summed E-state index contributed by atoms with van der Waals surface area (Å²) in [6.45, 7) is 0. The Labute approximate surface area is 156 Å². The van der Waals surface area contributed by atoms with E-state index in [1.807, 2.05) is 0 Å². The molecule has 0 saturated heterocycles. The van der Waals surface area contributed by atoms with E-state index in [4.69, 9.17) is 4.18 Å². The average Bonchev–Trinajstić information content (AvgIpc) is 2.64. The van der Waals surface area contributed by atoms with Crippen LogP contribution < -0.4 is 14.8 Å². The maximum Gasteiger partial charge on any atom is 0.339 e. The van der Waals surface area contributed by atoms with Crippen LogP contribution in [-0.4, -0.2) is 19.6 Å². The van der Waals surface area contributed by atoms with Crippen molar-refractivity contribution < 1.29 is 22.5 Å². The summed E-state index contributed by atoms with van der Waals surface area (Å²) in [6, 6.07) is 19.2. The molecule has 0 atom stereocenters. The van der Waals surface area contributed by atoms with Crippen molar-refractivity contribution >= 4 is 27.5 Å². The third-order valence-electron chi connectivity index (χ3n) is 3.45. The number of carbonyl (C=O) groups excluding carboxylic acids is 1. The molecule has 3 aromatic rings. The largest absolute Gasteiger partial charge is 0.508 e. The molecule has 0 saturated carbocycles. The summed E-state index contributed by atoms with van der Waals surface area (Å²) in [5.74, 6) is 0.159. The maximum atomic E-state index is 12.3. The molecule has 0 aliphatic rings. The zero-order valence-corrected chi connectivity index (χ0v) is 14.8. The number of phenolic OH excluding ortho intramolecular Hbond substituents is 1. The number of anilines is 2. The first-order chi connectivity index (χ1) is 12.9. The van der Waals surface area contributed by atoms with Crippen molar-refractivity contribution in [3.05, 3.63) is 78.9 Å². The summed E-state index contributed by atoms with van der Waals surface area (Å²) in [6.07, 6.45) is 0. The van der Waals surface area contributed by atoms with Gasteiger partial charge in [-0.25, -0.2) is 4.79 Å². The molecule has 0 aliphatic carbocycles. The highest BCUT2D eigenvalue weighted by Gasteiger charge is 2.16. The quantitative estimate of drug-likeness (QED) is 0.458. The van der Waals surface area contributed by atoms with Gasteiger partial charge in [-0.05, 0) is 48.5 Å². The number of urea groups is 1. The van der Waals surface area contributed by atoms with Crippen molar-refractivity contribution in [2.75, 3.05) is 10.6 Å². The fraction of sp³-hybridized carbons (Fsp3) is 0. The average molecular weight is 384 g/mol. The molecule has 0 bridgehead atoms. The van der Waals surface area contributed by atoms with E-state index in [2.05, 4.69) is 10.6 Å². The first-order valence-corrected chi connectivity index (χ1v) is 9.30. The molecule has 0 fully saturated rings. The zero-order chi connectivity index (χ0) is 19.3. The van der Waals surface area contributed by atoms with E-state index >= 15 is 0 Å². The first-order valence-electron chi connectivity index (χ1n) is 7.89. The van der Waals surface area contributed by atoms with Gasteiger partial charge in [0, 0.05) is 17.4 Å². The van der Waals surface area contributed by atoms with Gasteiger partial charge in [-0.1, -0.05) is 24.3 Å². The van der Waals surface area contributed by atoms with Crippen LogP contribution in [0, 0.1) is 0 Å². The third-order valence-corrected chi connectivity index (χ3v) is 4.72. The van der Waals surface area contributed by atoms with E-state index in [9.17, 15) is 18.3 Å². The van der Waals surface area contributed by atoms with Crippen LogP contribution in [0.5, 0.6) is 11.5 Å². The molecule has 3 rings (SSSR count). The van der Waals surface area contributed by atoms with Crippen LogP contribution in [0.25, 0.3) is 0 Å². The van der Waals surface area contributed by atoms with Crippen LogP contribution in [0.3, 0.4) is 0 Å². The van der Waals surface area contributed by atoms with Crippen LogP contribution in [-0.2, 0) is 10.1 Å². The summed E-state index contributed by atoms with van der Waals surface area (Å²) < 4.78 is 29.6. The van der Waals surface area contributed by atoms with Crippen molar-refractivity contribution in [3.8, 4) is 11.5 Å². The van der Waals surface area contributed by atoms with Gasteiger partial charge >= 0.3 is 16.1 Å².